The molecule has 0 aliphatic carbocycles. The summed E-state index contributed by atoms with van der Waals surface area (Å²) in [6.07, 6.45) is 1.45. The number of pyridine rings is 1. The Hall–Kier alpha value is -1.20. The van der Waals surface area contributed by atoms with Crippen molar-refractivity contribution in [1.82, 2.24) is 9.88 Å². The van der Waals surface area contributed by atoms with Gasteiger partial charge in [0.1, 0.15) is 6.17 Å². The first-order chi connectivity index (χ1) is 9.20. The van der Waals surface area contributed by atoms with E-state index in [-0.39, 0.29) is 6.10 Å². The molecular weight excluding hydrogens is 245 g/mol. The number of morpholine rings is 1. The number of anilines is 1. The third kappa shape index (κ3) is 3.04. The van der Waals surface area contributed by atoms with Gasteiger partial charge in [0, 0.05) is 38.4 Å². The third-order valence-electron chi connectivity index (χ3n) is 3.77. The number of aromatic nitrogens is 1. The molecule has 0 bridgehead atoms. The van der Waals surface area contributed by atoms with Crippen molar-refractivity contribution in [2.75, 3.05) is 44.2 Å². The van der Waals surface area contributed by atoms with Crippen molar-refractivity contribution in [2.24, 2.45) is 0 Å². The van der Waals surface area contributed by atoms with Crippen LogP contribution >= 0.6 is 0 Å². The predicted octanol–water partition coefficient (Wildman–Crippen LogP) is 1.25. The van der Waals surface area contributed by atoms with Gasteiger partial charge in [0.05, 0.1) is 24.6 Å². The molecule has 104 valence electrons. The van der Waals surface area contributed by atoms with Crippen LogP contribution in [0.25, 0.3) is 0 Å². The molecule has 3 heterocycles. The lowest BCUT2D eigenvalue weighted by atomic mass is 10.1. The molecule has 1 aromatic heterocycles. The minimum atomic E-state index is -0.638. The van der Waals surface area contributed by atoms with Gasteiger partial charge in [0.25, 0.3) is 0 Å². The summed E-state index contributed by atoms with van der Waals surface area (Å²) in [5.74, 6) is 0. The first-order valence-corrected chi connectivity index (χ1v) is 6.86. The average molecular weight is 265 g/mol. The van der Waals surface area contributed by atoms with Crippen molar-refractivity contribution >= 4 is 5.69 Å². The van der Waals surface area contributed by atoms with Crippen LogP contribution < -0.4 is 4.90 Å². The third-order valence-corrected chi connectivity index (χ3v) is 3.77. The molecule has 0 saturated carbocycles. The number of aryl methyl sites for hydroxylation is 1. The summed E-state index contributed by atoms with van der Waals surface area (Å²) in [4.78, 5) is 8.75. The van der Waals surface area contributed by atoms with E-state index in [1.54, 1.807) is 0 Å². The van der Waals surface area contributed by atoms with Gasteiger partial charge in [0.15, 0.2) is 0 Å². The average Bonchev–Trinajstić information content (AvgIpc) is 2.38. The van der Waals surface area contributed by atoms with Crippen molar-refractivity contribution in [3.63, 3.8) is 0 Å². The minimum absolute atomic E-state index is 0.169. The minimum Gasteiger partial charge on any atom is -0.373 e. The Bertz CT molecular complexity index is 419. The summed E-state index contributed by atoms with van der Waals surface area (Å²) in [5, 5.41) is 0. The first kappa shape index (κ1) is 12.8. The largest absolute Gasteiger partial charge is 0.373 e. The van der Waals surface area contributed by atoms with Crippen molar-refractivity contribution in [2.45, 2.75) is 19.2 Å². The summed E-state index contributed by atoms with van der Waals surface area (Å²) in [6, 6.07) is 4.13. The highest BCUT2D eigenvalue weighted by Crippen LogP contribution is 2.19. The van der Waals surface area contributed by atoms with Gasteiger partial charge >= 0.3 is 0 Å². The maximum Gasteiger partial charge on any atom is 0.125 e. The standard InChI is InChI=1S/C14H20FN3O/c1-11-2-3-13(6-16-11)18-4-5-19-14(10-18)9-17-7-12(15)8-17/h2-3,6,12,14H,4-5,7-10H2,1H3/t14-/m1/s1. The van der Waals surface area contributed by atoms with E-state index < -0.39 is 6.17 Å². The SMILES string of the molecule is Cc1ccc(N2CCO[C@H](CN3CC(F)C3)C2)cn1. The van der Waals surface area contributed by atoms with Crippen LogP contribution in [0.4, 0.5) is 10.1 Å². The number of rotatable bonds is 3. The molecule has 2 saturated heterocycles. The predicted molar refractivity (Wildman–Crippen MR) is 72.3 cm³/mol. The number of nitrogens with zero attached hydrogens (tertiary/aromatic N) is 3. The Morgan fingerprint density at radius 2 is 2.21 bits per heavy atom. The van der Waals surface area contributed by atoms with Crippen molar-refractivity contribution in [3.8, 4) is 0 Å². The number of halogens is 1. The van der Waals surface area contributed by atoms with E-state index in [1.165, 1.54) is 0 Å². The van der Waals surface area contributed by atoms with Crippen LogP contribution in [-0.2, 0) is 4.74 Å². The summed E-state index contributed by atoms with van der Waals surface area (Å²) >= 11 is 0. The topological polar surface area (TPSA) is 28.6 Å². The Kier molecular flexibility index (Phi) is 3.66. The molecule has 1 atom stereocenters. The lowest BCUT2D eigenvalue weighted by Crippen LogP contribution is -2.55. The molecule has 4 nitrogen and oxygen atoms in total. The Morgan fingerprint density at radius 3 is 2.89 bits per heavy atom. The van der Waals surface area contributed by atoms with Crippen molar-refractivity contribution in [1.29, 1.82) is 0 Å². The molecule has 2 aliphatic heterocycles. The molecule has 0 radical (unpaired) electrons. The zero-order valence-electron chi connectivity index (χ0n) is 11.3. The van der Waals surface area contributed by atoms with Gasteiger partial charge in [-0.25, -0.2) is 4.39 Å². The second kappa shape index (κ2) is 5.43. The van der Waals surface area contributed by atoms with E-state index in [2.05, 4.69) is 20.9 Å². The van der Waals surface area contributed by atoms with E-state index in [9.17, 15) is 4.39 Å². The monoisotopic (exact) mass is 265 g/mol. The second-order valence-corrected chi connectivity index (χ2v) is 5.41. The molecule has 19 heavy (non-hydrogen) atoms. The first-order valence-electron chi connectivity index (χ1n) is 6.86. The molecular formula is C14H20FN3O. The lowest BCUT2D eigenvalue weighted by Gasteiger charge is -2.40. The highest BCUT2D eigenvalue weighted by molar-refractivity contribution is 5.45. The number of hydrogen-bond acceptors (Lipinski definition) is 4. The Labute approximate surface area is 113 Å². The van der Waals surface area contributed by atoms with E-state index in [0.717, 1.165) is 37.6 Å². The highest BCUT2D eigenvalue weighted by atomic mass is 19.1. The molecule has 0 unspecified atom stereocenters. The smallest absolute Gasteiger partial charge is 0.125 e. The van der Waals surface area contributed by atoms with Crippen LogP contribution in [0.5, 0.6) is 0 Å². The Balaban J connectivity index is 1.56. The number of alkyl halides is 1. The molecule has 2 aliphatic rings. The molecule has 2 fully saturated rings. The van der Waals surface area contributed by atoms with Gasteiger partial charge in [-0.1, -0.05) is 0 Å². The Morgan fingerprint density at radius 1 is 1.37 bits per heavy atom. The summed E-state index contributed by atoms with van der Waals surface area (Å²) in [6.45, 7) is 6.42. The second-order valence-electron chi connectivity index (χ2n) is 5.41. The van der Waals surface area contributed by atoms with E-state index in [1.807, 2.05) is 19.2 Å². The molecule has 3 rings (SSSR count). The normalized spacial score (nSPS) is 25.4. The summed E-state index contributed by atoms with van der Waals surface area (Å²) in [7, 11) is 0. The molecule has 0 aromatic carbocycles. The van der Waals surface area contributed by atoms with Crippen LogP contribution in [-0.4, -0.2) is 61.5 Å². The molecule has 5 heteroatoms. The number of likely N-dealkylation sites (tertiary alicyclic amines) is 1. The quantitative estimate of drug-likeness (QED) is 0.822. The molecule has 0 spiro atoms. The van der Waals surface area contributed by atoms with Crippen molar-refractivity contribution in [3.05, 3.63) is 24.0 Å². The highest BCUT2D eigenvalue weighted by Gasteiger charge is 2.30. The fourth-order valence-electron chi connectivity index (χ4n) is 2.66. The zero-order chi connectivity index (χ0) is 13.2. The maximum atomic E-state index is 12.8. The maximum absolute atomic E-state index is 12.8. The number of ether oxygens (including phenoxy) is 1. The van der Waals surface area contributed by atoms with E-state index >= 15 is 0 Å². The molecule has 0 N–H and O–H groups in total. The van der Waals surface area contributed by atoms with E-state index in [4.69, 9.17) is 4.74 Å². The van der Waals surface area contributed by atoms with E-state index in [0.29, 0.717) is 13.1 Å². The van der Waals surface area contributed by atoms with Gasteiger partial charge in [-0.15, -0.1) is 0 Å². The van der Waals surface area contributed by atoms with Gasteiger partial charge in [0.2, 0.25) is 0 Å². The van der Waals surface area contributed by atoms with Gasteiger partial charge < -0.3 is 9.64 Å². The summed E-state index contributed by atoms with van der Waals surface area (Å²) < 4.78 is 18.6. The molecule has 0 amide bonds. The van der Waals surface area contributed by atoms with Crippen LogP contribution in [0.15, 0.2) is 18.3 Å². The van der Waals surface area contributed by atoms with Gasteiger partial charge in [-0.05, 0) is 19.1 Å². The molecule has 1 aromatic rings. The fraction of sp³-hybridized carbons (Fsp3) is 0.643. The van der Waals surface area contributed by atoms with Gasteiger partial charge in [-0.2, -0.15) is 0 Å². The van der Waals surface area contributed by atoms with Gasteiger partial charge in [-0.3, -0.25) is 9.88 Å². The number of hydrogen-bond donors (Lipinski definition) is 0. The van der Waals surface area contributed by atoms with Crippen molar-refractivity contribution < 1.29 is 9.13 Å². The van der Waals surface area contributed by atoms with Crippen LogP contribution in [0, 0.1) is 6.92 Å². The zero-order valence-corrected chi connectivity index (χ0v) is 11.3. The lowest BCUT2D eigenvalue weighted by molar-refractivity contribution is -0.0202. The van der Waals surface area contributed by atoms with Crippen LogP contribution in [0.1, 0.15) is 5.69 Å². The summed E-state index contributed by atoms with van der Waals surface area (Å²) in [5.41, 5.74) is 2.18. The fourth-order valence-corrected chi connectivity index (χ4v) is 2.66. The van der Waals surface area contributed by atoms with Crippen LogP contribution in [0.3, 0.4) is 0 Å². The van der Waals surface area contributed by atoms with Crippen LogP contribution in [0.2, 0.25) is 0 Å².